The van der Waals surface area contributed by atoms with E-state index in [0.29, 0.717) is 12.2 Å². The SMILES string of the molecule is CN=C(NCCc1ccccn1)N1CCC(OCC2CCCCO2)CC1. The quantitative estimate of drug-likeness (QED) is 0.623. The molecule has 3 rings (SSSR count). The third kappa shape index (κ3) is 5.95. The minimum atomic E-state index is 0.308. The number of pyridine rings is 1. The van der Waals surface area contributed by atoms with Crippen LogP contribution in [0.2, 0.25) is 0 Å². The van der Waals surface area contributed by atoms with Crippen LogP contribution >= 0.6 is 0 Å². The molecule has 1 unspecified atom stereocenters. The standard InChI is InChI=1S/C20H32N4O2/c1-21-20(23-12-8-17-6-2-4-11-22-17)24-13-9-18(10-14-24)26-16-19-7-3-5-15-25-19/h2,4,6,11,18-19H,3,5,7-10,12-16H2,1H3,(H,21,23). The fourth-order valence-corrected chi connectivity index (χ4v) is 3.60. The smallest absolute Gasteiger partial charge is 0.193 e. The predicted molar refractivity (Wildman–Crippen MR) is 103 cm³/mol. The monoisotopic (exact) mass is 360 g/mol. The van der Waals surface area contributed by atoms with Crippen molar-refractivity contribution in [3.63, 3.8) is 0 Å². The number of hydrogen-bond donors (Lipinski definition) is 1. The third-order valence-electron chi connectivity index (χ3n) is 5.14. The highest BCUT2D eigenvalue weighted by atomic mass is 16.5. The number of rotatable bonds is 6. The summed E-state index contributed by atoms with van der Waals surface area (Å²) in [5.41, 5.74) is 1.10. The Morgan fingerprint density at radius 1 is 1.31 bits per heavy atom. The molecule has 6 nitrogen and oxygen atoms in total. The molecule has 144 valence electrons. The molecule has 0 saturated carbocycles. The highest BCUT2D eigenvalue weighted by Gasteiger charge is 2.23. The Labute approximate surface area is 157 Å². The molecule has 0 radical (unpaired) electrons. The summed E-state index contributed by atoms with van der Waals surface area (Å²) in [5, 5.41) is 3.46. The van der Waals surface area contributed by atoms with Gasteiger partial charge < -0.3 is 19.7 Å². The summed E-state index contributed by atoms with van der Waals surface area (Å²) in [7, 11) is 1.85. The average molecular weight is 361 g/mol. The number of piperidine rings is 1. The highest BCUT2D eigenvalue weighted by molar-refractivity contribution is 5.79. The van der Waals surface area contributed by atoms with E-state index in [4.69, 9.17) is 9.47 Å². The van der Waals surface area contributed by atoms with Crippen molar-refractivity contribution in [2.45, 2.75) is 50.7 Å². The van der Waals surface area contributed by atoms with E-state index in [0.717, 1.165) is 70.2 Å². The van der Waals surface area contributed by atoms with E-state index in [1.807, 2.05) is 25.4 Å². The van der Waals surface area contributed by atoms with Crippen LogP contribution in [0, 0.1) is 0 Å². The maximum absolute atomic E-state index is 6.10. The van der Waals surface area contributed by atoms with Crippen molar-refractivity contribution >= 4 is 5.96 Å². The van der Waals surface area contributed by atoms with E-state index in [1.165, 1.54) is 12.8 Å². The van der Waals surface area contributed by atoms with Gasteiger partial charge in [0, 0.05) is 51.6 Å². The zero-order valence-electron chi connectivity index (χ0n) is 15.9. The van der Waals surface area contributed by atoms with Crippen molar-refractivity contribution in [2.24, 2.45) is 4.99 Å². The summed E-state index contributed by atoms with van der Waals surface area (Å²) in [6, 6.07) is 6.03. The number of likely N-dealkylation sites (tertiary alicyclic amines) is 1. The molecule has 1 atom stereocenters. The fourth-order valence-electron chi connectivity index (χ4n) is 3.60. The number of aliphatic imine (C=N–C) groups is 1. The van der Waals surface area contributed by atoms with Gasteiger partial charge >= 0.3 is 0 Å². The Bertz CT molecular complexity index is 538. The Kier molecular flexibility index (Phi) is 7.70. The molecule has 1 N–H and O–H groups in total. The first kappa shape index (κ1) is 19.1. The number of guanidine groups is 1. The maximum Gasteiger partial charge on any atom is 0.193 e. The fraction of sp³-hybridized carbons (Fsp3) is 0.700. The lowest BCUT2D eigenvalue weighted by Crippen LogP contribution is -2.47. The summed E-state index contributed by atoms with van der Waals surface area (Å²) < 4.78 is 11.9. The lowest BCUT2D eigenvalue weighted by Gasteiger charge is -2.35. The van der Waals surface area contributed by atoms with Gasteiger partial charge in [-0.3, -0.25) is 9.98 Å². The highest BCUT2D eigenvalue weighted by Crippen LogP contribution is 2.17. The van der Waals surface area contributed by atoms with Gasteiger partial charge in [-0.15, -0.1) is 0 Å². The molecule has 0 bridgehead atoms. The first-order valence-corrected chi connectivity index (χ1v) is 9.94. The topological polar surface area (TPSA) is 59.0 Å². The van der Waals surface area contributed by atoms with Crippen molar-refractivity contribution in [1.82, 2.24) is 15.2 Å². The summed E-state index contributed by atoms with van der Waals surface area (Å²) >= 11 is 0. The molecule has 0 amide bonds. The van der Waals surface area contributed by atoms with Crippen molar-refractivity contribution in [1.29, 1.82) is 0 Å². The van der Waals surface area contributed by atoms with Gasteiger partial charge in [-0.1, -0.05) is 6.07 Å². The van der Waals surface area contributed by atoms with Gasteiger partial charge in [-0.2, -0.15) is 0 Å². The first-order valence-electron chi connectivity index (χ1n) is 9.94. The molecule has 3 heterocycles. The Hall–Kier alpha value is -1.66. The van der Waals surface area contributed by atoms with Crippen LogP contribution in [-0.4, -0.2) is 67.9 Å². The second-order valence-corrected chi connectivity index (χ2v) is 7.05. The van der Waals surface area contributed by atoms with Crippen LogP contribution in [-0.2, 0) is 15.9 Å². The first-order chi connectivity index (χ1) is 12.8. The molecular formula is C20H32N4O2. The van der Waals surface area contributed by atoms with Crippen molar-refractivity contribution in [3.8, 4) is 0 Å². The Balaban J connectivity index is 1.34. The van der Waals surface area contributed by atoms with Gasteiger partial charge in [-0.25, -0.2) is 0 Å². The number of aromatic nitrogens is 1. The third-order valence-corrected chi connectivity index (χ3v) is 5.14. The van der Waals surface area contributed by atoms with Crippen LogP contribution in [0.1, 0.15) is 37.8 Å². The molecule has 2 aliphatic rings. The van der Waals surface area contributed by atoms with Gasteiger partial charge in [0.1, 0.15) is 0 Å². The lowest BCUT2D eigenvalue weighted by molar-refractivity contribution is -0.0721. The van der Waals surface area contributed by atoms with Crippen LogP contribution < -0.4 is 5.32 Å². The van der Waals surface area contributed by atoms with E-state index in [1.54, 1.807) is 0 Å². The van der Waals surface area contributed by atoms with E-state index >= 15 is 0 Å². The number of nitrogens with one attached hydrogen (secondary N) is 1. The maximum atomic E-state index is 6.10. The normalized spacial score (nSPS) is 22.4. The zero-order chi connectivity index (χ0) is 18.0. The summed E-state index contributed by atoms with van der Waals surface area (Å²) in [5.74, 6) is 0.981. The molecule has 6 heteroatoms. The largest absolute Gasteiger partial charge is 0.376 e. The van der Waals surface area contributed by atoms with E-state index < -0.39 is 0 Å². The Morgan fingerprint density at radius 3 is 2.88 bits per heavy atom. The number of nitrogens with zero attached hydrogens (tertiary/aromatic N) is 3. The Morgan fingerprint density at radius 2 is 2.19 bits per heavy atom. The second kappa shape index (κ2) is 10.5. The molecule has 2 fully saturated rings. The lowest BCUT2D eigenvalue weighted by atomic mass is 10.1. The summed E-state index contributed by atoms with van der Waals surface area (Å²) in [4.78, 5) is 11.1. The molecule has 2 saturated heterocycles. The molecule has 1 aromatic rings. The van der Waals surface area contributed by atoms with Crippen LogP contribution in [0.5, 0.6) is 0 Å². The summed E-state index contributed by atoms with van der Waals surface area (Å²) in [6.45, 7) is 4.46. The van der Waals surface area contributed by atoms with Crippen molar-refractivity contribution in [2.75, 3.05) is 39.9 Å². The van der Waals surface area contributed by atoms with Gasteiger partial charge in [0.25, 0.3) is 0 Å². The van der Waals surface area contributed by atoms with E-state index in [-0.39, 0.29) is 0 Å². The van der Waals surface area contributed by atoms with E-state index in [9.17, 15) is 0 Å². The van der Waals surface area contributed by atoms with Crippen LogP contribution in [0.25, 0.3) is 0 Å². The summed E-state index contributed by atoms with van der Waals surface area (Å²) in [6.07, 6.45) is 9.11. The van der Waals surface area contributed by atoms with Crippen LogP contribution in [0.15, 0.2) is 29.4 Å². The van der Waals surface area contributed by atoms with Gasteiger partial charge in [-0.05, 0) is 44.2 Å². The zero-order valence-corrected chi connectivity index (χ0v) is 15.9. The molecule has 0 aromatic carbocycles. The minimum Gasteiger partial charge on any atom is -0.376 e. The van der Waals surface area contributed by atoms with Crippen molar-refractivity contribution in [3.05, 3.63) is 30.1 Å². The van der Waals surface area contributed by atoms with Crippen molar-refractivity contribution < 1.29 is 9.47 Å². The molecule has 2 aliphatic heterocycles. The van der Waals surface area contributed by atoms with E-state index in [2.05, 4.69) is 26.3 Å². The van der Waals surface area contributed by atoms with Gasteiger partial charge in [0.15, 0.2) is 5.96 Å². The molecule has 0 spiro atoms. The second-order valence-electron chi connectivity index (χ2n) is 7.05. The molecule has 1 aromatic heterocycles. The minimum absolute atomic E-state index is 0.308. The van der Waals surface area contributed by atoms with Crippen LogP contribution in [0.3, 0.4) is 0 Å². The van der Waals surface area contributed by atoms with Gasteiger partial charge in [0.05, 0.1) is 18.8 Å². The molecular weight excluding hydrogens is 328 g/mol. The number of hydrogen-bond acceptors (Lipinski definition) is 4. The predicted octanol–water partition coefficient (Wildman–Crippen LogP) is 2.25. The average Bonchev–Trinajstić information content (AvgIpc) is 2.72. The number of ether oxygens (including phenoxy) is 2. The van der Waals surface area contributed by atoms with Gasteiger partial charge in [0.2, 0.25) is 0 Å². The molecule has 0 aliphatic carbocycles. The van der Waals surface area contributed by atoms with Crippen LogP contribution in [0.4, 0.5) is 0 Å². The molecule has 26 heavy (non-hydrogen) atoms.